The first kappa shape index (κ1) is 17.3. The zero-order chi connectivity index (χ0) is 18.7. The second kappa shape index (κ2) is 5.71. The predicted molar refractivity (Wildman–Crippen MR) is 98.3 cm³/mol. The Morgan fingerprint density at radius 2 is 1.96 bits per heavy atom. The lowest BCUT2D eigenvalue weighted by molar-refractivity contribution is -0.136. The molecule has 0 radical (unpaired) electrons. The lowest BCUT2D eigenvalue weighted by Crippen LogP contribution is -2.62. The van der Waals surface area contributed by atoms with E-state index in [9.17, 15) is 14.7 Å². The van der Waals surface area contributed by atoms with Crippen molar-refractivity contribution in [2.45, 2.75) is 57.7 Å². The van der Waals surface area contributed by atoms with Gasteiger partial charge in [-0.2, -0.15) is 0 Å². The third kappa shape index (κ3) is 2.21. The SMILES string of the molecule is CC[C@]1(C(=O)[C@]23CN[C@H](CN2C(=O)O)C3)C=C[C@@H](n2c(C)ccc2C)C1. The molecule has 0 saturated carbocycles. The van der Waals surface area contributed by atoms with Crippen LogP contribution in [0.3, 0.4) is 0 Å². The molecule has 1 aromatic rings. The number of allylic oxidation sites excluding steroid dienone is 2. The number of Topliss-reactive ketones (excluding diaryl/α,β-unsaturated/α-hetero) is 1. The predicted octanol–water partition coefficient (Wildman–Crippen LogP) is 2.67. The van der Waals surface area contributed by atoms with Crippen LogP contribution in [-0.2, 0) is 4.79 Å². The van der Waals surface area contributed by atoms with E-state index in [1.165, 1.54) is 16.3 Å². The van der Waals surface area contributed by atoms with Crippen molar-refractivity contribution in [2.75, 3.05) is 13.1 Å². The highest BCUT2D eigenvalue weighted by Gasteiger charge is 2.62. The molecular weight excluding hydrogens is 330 g/mol. The van der Waals surface area contributed by atoms with E-state index in [1.807, 2.05) is 6.92 Å². The Balaban J connectivity index is 1.67. The summed E-state index contributed by atoms with van der Waals surface area (Å²) in [5, 5.41) is 13.0. The van der Waals surface area contributed by atoms with Crippen molar-refractivity contribution in [3.8, 4) is 0 Å². The fraction of sp³-hybridized carbons (Fsp3) is 0.600. The number of rotatable bonds is 4. The van der Waals surface area contributed by atoms with E-state index >= 15 is 0 Å². The molecule has 1 amide bonds. The molecule has 2 saturated heterocycles. The van der Waals surface area contributed by atoms with E-state index in [1.54, 1.807) is 0 Å². The maximum Gasteiger partial charge on any atom is 0.408 e. The van der Waals surface area contributed by atoms with E-state index in [-0.39, 0.29) is 17.9 Å². The summed E-state index contributed by atoms with van der Waals surface area (Å²) < 4.78 is 2.28. The molecule has 1 aliphatic carbocycles. The minimum atomic E-state index is -0.982. The van der Waals surface area contributed by atoms with Crippen LogP contribution in [0.4, 0.5) is 4.79 Å². The van der Waals surface area contributed by atoms with Crippen LogP contribution in [0.1, 0.15) is 43.6 Å². The van der Waals surface area contributed by atoms with Gasteiger partial charge in [-0.25, -0.2) is 4.79 Å². The molecule has 2 aliphatic heterocycles. The molecule has 0 spiro atoms. The summed E-state index contributed by atoms with van der Waals surface area (Å²) >= 11 is 0. The van der Waals surface area contributed by atoms with Gasteiger partial charge in [0.15, 0.2) is 5.78 Å². The standard InChI is InChI=1S/C20H27N3O3/c1-4-19(8-7-16(10-19)23-13(2)5-6-14(23)3)17(24)20-9-15(21-12-20)11-22(20)18(25)26/h5-8,15-16,21H,4,9-12H2,1-3H3,(H,25,26)/t15-,16+,19-,20-/m0/s1. The summed E-state index contributed by atoms with van der Waals surface area (Å²) in [5.74, 6) is 0.0728. The second-order valence-electron chi connectivity index (χ2n) is 8.16. The zero-order valence-electron chi connectivity index (χ0n) is 15.7. The van der Waals surface area contributed by atoms with Gasteiger partial charge in [0.1, 0.15) is 5.54 Å². The van der Waals surface area contributed by atoms with Crippen molar-refractivity contribution < 1.29 is 14.7 Å². The highest BCUT2D eigenvalue weighted by Crippen LogP contribution is 2.49. The first-order valence-electron chi connectivity index (χ1n) is 9.46. The van der Waals surface area contributed by atoms with Crippen molar-refractivity contribution in [2.24, 2.45) is 5.41 Å². The number of carboxylic acid groups (broad SMARTS) is 1. The van der Waals surface area contributed by atoms with Crippen LogP contribution in [0, 0.1) is 19.3 Å². The smallest absolute Gasteiger partial charge is 0.408 e. The molecule has 3 heterocycles. The fourth-order valence-corrected chi connectivity index (χ4v) is 5.39. The maximum absolute atomic E-state index is 13.8. The number of carbonyl (C=O) groups excluding carboxylic acids is 1. The summed E-state index contributed by atoms with van der Waals surface area (Å²) in [4.78, 5) is 26.9. The number of ketones is 1. The van der Waals surface area contributed by atoms with Crippen LogP contribution in [0.2, 0.25) is 0 Å². The molecular formula is C20H27N3O3. The molecule has 0 unspecified atom stereocenters. The van der Waals surface area contributed by atoms with Crippen molar-refractivity contribution in [3.63, 3.8) is 0 Å². The van der Waals surface area contributed by atoms with E-state index in [4.69, 9.17) is 0 Å². The Morgan fingerprint density at radius 3 is 2.54 bits per heavy atom. The highest BCUT2D eigenvalue weighted by molar-refractivity contribution is 5.99. The van der Waals surface area contributed by atoms with Crippen molar-refractivity contribution in [1.29, 1.82) is 0 Å². The number of nitrogens with zero attached hydrogens (tertiary/aromatic N) is 2. The van der Waals surface area contributed by atoms with Gasteiger partial charge in [-0.15, -0.1) is 0 Å². The number of carbonyl (C=O) groups is 2. The third-order valence-electron chi connectivity index (χ3n) is 6.79. The lowest BCUT2D eigenvalue weighted by atomic mass is 9.71. The van der Waals surface area contributed by atoms with Crippen LogP contribution in [0.25, 0.3) is 0 Å². The molecule has 6 nitrogen and oxygen atoms in total. The van der Waals surface area contributed by atoms with Gasteiger partial charge < -0.3 is 15.0 Å². The van der Waals surface area contributed by atoms with Gasteiger partial charge in [-0.05, 0) is 45.2 Å². The van der Waals surface area contributed by atoms with Crippen LogP contribution in [-0.4, -0.2) is 51.1 Å². The number of hydrogen-bond acceptors (Lipinski definition) is 3. The quantitative estimate of drug-likeness (QED) is 0.813. The molecule has 3 aliphatic rings. The van der Waals surface area contributed by atoms with Crippen LogP contribution in [0.15, 0.2) is 24.3 Å². The molecule has 4 rings (SSSR count). The van der Waals surface area contributed by atoms with Crippen LogP contribution in [0.5, 0.6) is 0 Å². The Labute approximate surface area is 153 Å². The summed E-state index contributed by atoms with van der Waals surface area (Å²) in [6, 6.07) is 4.45. The van der Waals surface area contributed by atoms with Gasteiger partial charge in [0.2, 0.25) is 0 Å². The number of aryl methyl sites for hydroxylation is 2. The van der Waals surface area contributed by atoms with E-state index in [0.29, 0.717) is 32.4 Å². The second-order valence-corrected chi connectivity index (χ2v) is 8.16. The van der Waals surface area contributed by atoms with Gasteiger partial charge in [-0.3, -0.25) is 9.69 Å². The third-order valence-corrected chi connectivity index (χ3v) is 6.79. The first-order chi connectivity index (χ1) is 12.3. The van der Waals surface area contributed by atoms with Gasteiger partial charge in [0.25, 0.3) is 0 Å². The van der Waals surface area contributed by atoms with Gasteiger partial charge in [0.05, 0.1) is 11.5 Å². The lowest BCUT2D eigenvalue weighted by Gasteiger charge is -2.41. The number of piperazine rings is 1. The first-order valence-corrected chi connectivity index (χ1v) is 9.46. The maximum atomic E-state index is 13.8. The molecule has 2 fully saturated rings. The molecule has 26 heavy (non-hydrogen) atoms. The molecule has 2 bridgehead atoms. The molecule has 4 atom stereocenters. The number of hydrogen-bond donors (Lipinski definition) is 2. The van der Waals surface area contributed by atoms with Crippen molar-refractivity contribution >= 4 is 11.9 Å². The van der Waals surface area contributed by atoms with E-state index < -0.39 is 17.0 Å². The summed E-state index contributed by atoms with van der Waals surface area (Å²) in [5.41, 5.74) is 0.866. The van der Waals surface area contributed by atoms with Crippen LogP contribution < -0.4 is 5.32 Å². The molecule has 0 aromatic carbocycles. The van der Waals surface area contributed by atoms with Crippen LogP contribution >= 0.6 is 0 Å². The largest absolute Gasteiger partial charge is 0.465 e. The number of amides is 1. The number of fused-ring (bicyclic) bond motifs is 2. The van der Waals surface area contributed by atoms with Crippen molar-refractivity contribution in [1.82, 2.24) is 14.8 Å². The number of likely N-dealkylation sites (tertiary alicyclic amines) is 1. The zero-order valence-corrected chi connectivity index (χ0v) is 15.7. The molecule has 6 heteroatoms. The Kier molecular flexibility index (Phi) is 3.81. The van der Waals surface area contributed by atoms with Crippen molar-refractivity contribution in [3.05, 3.63) is 35.7 Å². The average molecular weight is 357 g/mol. The normalized spacial score (nSPS) is 35.4. The Bertz CT molecular complexity index is 779. The summed E-state index contributed by atoms with van der Waals surface area (Å²) in [7, 11) is 0. The molecule has 2 N–H and O–H groups in total. The minimum absolute atomic E-state index is 0.0728. The van der Waals surface area contributed by atoms with Gasteiger partial charge >= 0.3 is 6.09 Å². The Morgan fingerprint density at radius 1 is 1.27 bits per heavy atom. The molecule has 1 aromatic heterocycles. The monoisotopic (exact) mass is 357 g/mol. The minimum Gasteiger partial charge on any atom is -0.465 e. The average Bonchev–Trinajstić information content (AvgIpc) is 3.37. The Hall–Kier alpha value is -2.08. The van der Waals surface area contributed by atoms with Gasteiger partial charge in [-0.1, -0.05) is 19.1 Å². The van der Waals surface area contributed by atoms with Gasteiger partial charge in [0, 0.05) is 30.5 Å². The summed E-state index contributed by atoms with van der Waals surface area (Å²) in [6.45, 7) is 7.05. The highest BCUT2D eigenvalue weighted by atomic mass is 16.4. The summed E-state index contributed by atoms with van der Waals surface area (Å²) in [6.07, 6.45) is 5.21. The van der Waals surface area contributed by atoms with E-state index in [2.05, 4.69) is 48.0 Å². The fourth-order valence-electron chi connectivity index (χ4n) is 5.39. The number of aromatic nitrogens is 1. The topological polar surface area (TPSA) is 74.6 Å². The van der Waals surface area contributed by atoms with E-state index in [0.717, 1.165) is 0 Å². The molecule has 140 valence electrons. The number of nitrogens with one attached hydrogen (secondary N) is 1.